The van der Waals surface area contributed by atoms with Crippen molar-refractivity contribution < 1.29 is 9.47 Å². The first-order chi connectivity index (χ1) is 17.2. The van der Waals surface area contributed by atoms with Gasteiger partial charge in [0, 0.05) is 42.0 Å². The molecule has 1 saturated heterocycles. The summed E-state index contributed by atoms with van der Waals surface area (Å²) in [7, 11) is 2.12. The first-order valence-electron chi connectivity index (χ1n) is 12.3. The van der Waals surface area contributed by atoms with E-state index in [-0.39, 0.29) is 0 Å². The average Bonchev–Trinajstić information content (AvgIpc) is 3.55. The number of hydrogen-bond donors (Lipinski definition) is 1. The molecule has 0 atom stereocenters. The summed E-state index contributed by atoms with van der Waals surface area (Å²) >= 11 is 1.70. The van der Waals surface area contributed by atoms with Crippen LogP contribution in [0.15, 0.2) is 54.7 Å². The second-order valence-electron chi connectivity index (χ2n) is 9.06. The van der Waals surface area contributed by atoms with Gasteiger partial charge in [0.25, 0.3) is 0 Å². The van der Waals surface area contributed by atoms with E-state index >= 15 is 0 Å². The number of likely N-dealkylation sites (tertiary alicyclic amines) is 1. The van der Waals surface area contributed by atoms with E-state index in [2.05, 4.69) is 63.6 Å². The molecule has 1 N–H and O–H groups in total. The maximum atomic E-state index is 6.26. The van der Waals surface area contributed by atoms with Crippen LogP contribution in [0.4, 0.5) is 11.6 Å². The zero-order chi connectivity index (χ0) is 23.9. The number of nitrogens with one attached hydrogen (secondary N) is 1. The van der Waals surface area contributed by atoms with Crippen molar-refractivity contribution in [3.63, 3.8) is 0 Å². The summed E-state index contributed by atoms with van der Waals surface area (Å²) in [5, 5.41) is 3.39. The van der Waals surface area contributed by atoms with Gasteiger partial charge in [-0.05, 0) is 69.4 Å². The van der Waals surface area contributed by atoms with Crippen LogP contribution < -0.4 is 10.1 Å². The topological polar surface area (TPSA) is 62.8 Å². The summed E-state index contributed by atoms with van der Waals surface area (Å²) in [6.07, 6.45) is 8.65. The smallest absolute Gasteiger partial charge is 0.227 e. The number of rotatable bonds is 4. The molecule has 3 aromatic rings. The molecule has 35 heavy (non-hydrogen) atoms. The lowest BCUT2D eigenvalue weighted by atomic mass is 10.1. The molecule has 0 aliphatic carbocycles. The lowest BCUT2D eigenvalue weighted by molar-refractivity contribution is 0.151. The van der Waals surface area contributed by atoms with E-state index in [1.54, 1.807) is 17.5 Å². The van der Waals surface area contributed by atoms with Crippen molar-refractivity contribution in [1.82, 2.24) is 19.8 Å². The maximum absolute atomic E-state index is 6.26. The van der Waals surface area contributed by atoms with Crippen molar-refractivity contribution in [3.8, 4) is 16.3 Å². The van der Waals surface area contributed by atoms with E-state index in [0.29, 0.717) is 25.8 Å². The number of nitrogens with zero attached hydrogens (tertiary/aromatic N) is 4. The van der Waals surface area contributed by atoms with E-state index in [1.165, 1.54) is 30.8 Å². The standard InChI is InChI=1S/C27H33N5O2S/c1-31-12-4-5-16-33-20-23-7-9-26(35-23)24-10-11-28-27(30-24)29-22-6-8-25(21(18-22)19-31)34-17-15-32-13-2-3-14-32/h4-11,18H,2-3,12-17,19-20H2,1H3,(H,28,29,30)/b5-4-. The van der Waals surface area contributed by atoms with Gasteiger partial charge in [-0.1, -0.05) is 12.2 Å². The quantitative estimate of drug-likeness (QED) is 0.519. The Labute approximate surface area is 211 Å². The summed E-state index contributed by atoms with van der Waals surface area (Å²) in [6, 6.07) is 12.4. The van der Waals surface area contributed by atoms with Crippen LogP contribution in [0, 0.1) is 0 Å². The maximum Gasteiger partial charge on any atom is 0.227 e. The van der Waals surface area contributed by atoms with Gasteiger partial charge in [-0.15, -0.1) is 11.3 Å². The Morgan fingerprint density at radius 3 is 2.94 bits per heavy atom. The summed E-state index contributed by atoms with van der Waals surface area (Å²) in [4.78, 5) is 16.2. The molecule has 2 aromatic heterocycles. The summed E-state index contributed by atoms with van der Waals surface area (Å²) in [5.41, 5.74) is 3.00. The van der Waals surface area contributed by atoms with E-state index in [0.717, 1.165) is 47.2 Å². The molecular weight excluding hydrogens is 458 g/mol. The molecule has 0 amide bonds. The van der Waals surface area contributed by atoms with Gasteiger partial charge >= 0.3 is 0 Å². The highest BCUT2D eigenvalue weighted by molar-refractivity contribution is 7.15. The van der Waals surface area contributed by atoms with Gasteiger partial charge in [-0.25, -0.2) is 9.97 Å². The summed E-state index contributed by atoms with van der Waals surface area (Å²) in [6.45, 7) is 6.86. The number of benzene rings is 1. The van der Waals surface area contributed by atoms with Crippen LogP contribution in [0.5, 0.6) is 5.75 Å². The van der Waals surface area contributed by atoms with Gasteiger partial charge in [0.15, 0.2) is 0 Å². The number of aromatic nitrogens is 2. The predicted molar refractivity (Wildman–Crippen MR) is 141 cm³/mol. The number of anilines is 2. The Morgan fingerprint density at radius 1 is 1.11 bits per heavy atom. The first kappa shape index (κ1) is 23.9. The minimum Gasteiger partial charge on any atom is -0.492 e. The Kier molecular flexibility index (Phi) is 8.05. The Balaban J connectivity index is 1.38. The lowest BCUT2D eigenvalue weighted by Crippen LogP contribution is -2.25. The first-order valence-corrected chi connectivity index (χ1v) is 13.1. The molecule has 2 aliphatic rings. The fourth-order valence-corrected chi connectivity index (χ4v) is 5.31. The number of fused-ring (bicyclic) bond motifs is 7. The van der Waals surface area contributed by atoms with Crippen LogP contribution in [-0.4, -0.2) is 66.2 Å². The second kappa shape index (κ2) is 11.8. The summed E-state index contributed by atoms with van der Waals surface area (Å²) in [5.74, 6) is 1.52. The number of ether oxygens (including phenoxy) is 2. The molecule has 1 aromatic carbocycles. The van der Waals surface area contributed by atoms with Crippen molar-refractivity contribution in [1.29, 1.82) is 0 Å². The lowest BCUT2D eigenvalue weighted by Gasteiger charge is -2.20. The molecule has 8 heteroatoms. The third-order valence-electron chi connectivity index (χ3n) is 6.23. The molecular formula is C27H33N5O2S. The van der Waals surface area contributed by atoms with Crippen molar-refractivity contribution in [2.75, 3.05) is 51.8 Å². The van der Waals surface area contributed by atoms with Gasteiger partial charge in [-0.3, -0.25) is 9.80 Å². The molecule has 6 bridgehead atoms. The number of likely N-dealkylation sites (N-methyl/N-ethyl adjacent to an activating group) is 1. The van der Waals surface area contributed by atoms with Crippen molar-refractivity contribution in [2.24, 2.45) is 0 Å². The molecule has 0 spiro atoms. The third-order valence-corrected chi connectivity index (χ3v) is 7.31. The van der Waals surface area contributed by atoms with Gasteiger partial charge < -0.3 is 14.8 Å². The van der Waals surface area contributed by atoms with E-state index in [1.807, 2.05) is 12.1 Å². The van der Waals surface area contributed by atoms with Gasteiger partial charge in [-0.2, -0.15) is 0 Å². The molecule has 0 radical (unpaired) electrons. The van der Waals surface area contributed by atoms with Gasteiger partial charge in [0.2, 0.25) is 5.95 Å². The monoisotopic (exact) mass is 491 g/mol. The minimum atomic E-state index is 0.583. The van der Waals surface area contributed by atoms with Crippen LogP contribution in [0.25, 0.3) is 10.6 Å². The van der Waals surface area contributed by atoms with E-state index in [9.17, 15) is 0 Å². The zero-order valence-electron chi connectivity index (χ0n) is 20.3. The molecule has 2 aliphatic heterocycles. The Hall–Kier alpha value is -2.78. The summed E-state index contributed by atoms with van der Waals surface area (Å²) < 4.78 is 12.1. The van der Waals surface area contributed by atoms with Crippen LogP contribution in [0.2, 0.25) is 0 Å². The highest BCUT2D eigenvalue weighted by atomic mass is 32.1. The van der Waals surface area contributed by atoms with Crippen LogP contribution >= 0.6 is 11.3 Å². The fourth-order valence-electron chi connectivity index (χ4n) is 4.40. The third kappa shape index (κ3) is 6.67. The largest absolute Gasteiger partial charge is 0.492 e. The predicted octanol–water partition coefficient (Wildman–Crippen LogP) is 4.94. The minimum absolute atomic E-state index is 0.583. The molecule has 184 valence electrons. The number of hydrogen-bond acceptors (Lipinski definition) is 8. The van der Waals surface area contributed by atoms with Crippen molar-refractivity contribution in [3.05, 3.63) is 65.2 Å². The highest BCUT2D eigenvalue weighted by Gasteiger charge is 2.13. The van der Waals surface area contributed by atoms with Crippen LogP contribution in [0.3, 0.4) is 0 Å². The molecule has 1 fully saturated rings. The van der Waals surface area contributed by atoms with Crippen LogP contribution in [0.1, 0.15) is 23.3 Å². The molecule has 0 saturated carbocycles. The SMILES string of the molecule is CN1C/C=C\COCc2ccc(s2)-c2ccnc(n2)Nc2ccc(OCCN3CCCC3)c(c2)C1. The second-order valence-corrected chi connectivity index (χ2v) is 10.2. The van der Waals surface area contributed by atoms with Gasteiger partial charge in [0.05, 0.1) is 23.8 Å². The van der Waals surface area contributed by atoms with Gasteiger partial charge in [0.1, 0.15) is 12.4 Å². The fraction of sp³-hybridized carbons (Fsp3) is 0.407. The van der Waals surface area contributed by atoms with Crippen molar-refractivity contribution in [2.45, 2.75) is 26.0 Å². The Bertz CT molecular complexity index is 1140. The highest BCUT2D eigenvalue weighted by Crippen LogP contribution is 2.29. The zero-order valence-corrected chi connectivity index (χ0v) is 21.1. The number of thiophene rings is 1. The van der Waals surface area contributed by atoms with E-state index < -0.39 is 0 Å². The molecule has 0 unspecified atom stereocenters. The normalized spacial score (nSPS) is 18.4. The van der Waals surface area contributed by atoms with Crippen LogP contribution in [-0.2, 0) is 17.9 Å². The molecule has 5 rings (SSSR count). The average molecular weight is 492 g/mol. The van der Waals surface area contributed by atoms with Crippen molar-refractivity contribution >= 4 is 23.0 Å². The molecule has 4 heterocycles. The Morgan fingerprint density at radius 2 is 2.03 bits per heavy atom. The van der Waals surface area contributed by atoms with E-state index in [4.69, 9.17) is 14.5 Å². The molecule has 7 nitrogen and oxygen atoms in total.